The predicted molar refractivity (Wildman–Crippen MR) is 93.7 cm³/mol. The van der Waals surface area contributed by atoms with Crippen LogP contribution in [0, 0.1) is 0 Å². The molecule has 0 bridgehead atoms. The van der Waals surface area contributed by atoms with Crippen LogP contribution in [0.2, 0.25) is 5.02 Å². The molecule has 1 aromatic rings. The van der Waals surface area contributed by atoms with Crippen LogP contribution < -0.4 is 15.0 Å². The zero-order valence-corrected chi connectivity index (χ0v) is 15.2. The Hall–Kier alpha value is -1.79. The van der Waals surface area contributed by atoms with Gasteiger partial charge < -0.3 is 19.9 Å². The van der Waals surface area contributed by atoms with Crippen molar-refractivity contribution in [1.82, 2.24) is 4.90 Å². The van der Waals surface area contributed by atoms with E-state index in [4.69, 9.17) is 16.3 Å². The summed E-state index contributed by atoms with van der Waals surface area (Å²) in [5.74, 6) is 0.471. The number of carbonyl (C=O) groups excluding carboxylic acids is 2. The molecule has 2 rings (SSSR count). The number of ether oxygens (including phenoxy) is 1. The lowest BCUT2D eigenvalue weighted by molar-refractivity contribution is -0.886. The molecule has 132 valence electrons. The lowest BCUT2D eigenvalue weighted by atomic mass is 10.2. The van der Waals surface area contributed by atoms with Gasteiger partial charge in [-0.1, -0.05) is 11.6 Å². The van der Waals surface area contributed by atoms with Crippen LogP contribution in [0.4, 0.5) is 5.69 Å². The van der Waals surface area contributed by atoms with E-state index in [1.54, 1.807) is 18.2 Å². The third kappa shape index (κ3) is 4.61. The molecule has 0 saturated carbocycles. The summed E-state index contributed by atoms with van der Waals surface area (Å²) in [6, 6.07) is 4.79. The highest BCUT2D eigenvalue weighted by atomic mass is 35.5. The molecule has 1 aromatic carbocycles. The summed E-state index contributed by atoms with van der Waals surface area (Å²) in [5, 5.41) is 3.32. The molecule has 2 N–H and O–H groups in total. The van der Waals surface area contributed by atoms with Crippen LogP contribution in [0.3, 0.4) is 0 Å². The van der Waals surface area contributed by atoms with Crippen molar-refractivity contribution in [2.45, 2.75) is 25.8 Å². The highest BCUT2D eigenvalue weighted by molar-refractivity contribution is 6.31. The first-order valence-electron chi connectivity index (χ1n) is 8.17. The first kappa shape index (κ1) is 18.5. The van der Waals surface area contributed by atoms with E-state index in [9.17, 15) is 9.59 Å². The standard InChI is InChI=1S/C17H24ClN3O3/c1-12(17(23)21-8-4-5-9-21)20(2)11-16(22)19-14-10-13(18)6-7-15(14)24-3/h6-7,10,12H,4-5,8-9,11H2,1-3H3,(H,19,22)/p+1/t12-/m0/s1. The zero-order valence-electron chi connectivity index (χ0n) is 14.4. The SMILES string of the molecule is COc1ccc(Cl)cc1NC(=O)C[NH+](C)[C@@H](C)C(=O)N1CCCC1. The molecule has 0 aromatic heterocycles. The molecular weight excluding hydrogens is 330 g/mol. The second kappa shape index (κ2) is 8.35. The van der Waals surface area contributed by atoms with Crippen molar-refractivity contribution >= 4 is 29.1 Å². The number of methoxy groups -OCH3 is 1. The highest BCUT2D eigenvalue weighted by Gasteiger charge is 2.29. The monoisotopic (exact) mass is 354 g/mol. The van der Waals surface area contributed by atoms with Crippen LogP contribution in [0.5, 0.6) is 5.75 Å². The summed E-state index contributed by atoms with van der Waals surface area (Å²) in [6.45, 7) is 3.70. The molecule has 7 heteroatoms. The third-order valence-corrected chi connectivity index (χ3v) is 4.64. The number of quaternary nitrogens is 1. The quantitative estimate of drug-likeness (QED) is 0.794. The van der Waals surface area contributed by atoms with Gasteiger partial charge in [-0.2, -0.15) is 0 Å². The fraction of sp³-hybridized carbons (Fsp3) is 0.529. The number of likely N-dealkylation sites (N-methyl/N-ethyl adjacent to an activating group) is 1. The van der Waals surface area contributed by atoms with E-state index in [0.29, 0.717) is 16.5 Å². The number of hydrogen-bond donors (Lipinski definition) is 2. The Kier molecular flexibility index (Phi) is 6.45. The van der Waals surface area contributed by atoms with Gasteiger partial charge in [-0.15, -0.1) is 0 Å². The molecular formula is C17H25ClN3O3+. The molecule has 6 nitrogen and oxygen atoms in total. The van der Waals surface area contributed by atoms with Gasteiger partial charge in [-0.3, -0.25) is 9.59 Å². The number of benzene rings is 1. The Labute approximate surface area is 147 Å². The number of nitrogens with zero attached hydrogens (tertiary/aromatic N) is 1. The zero-order chi connectivity index (χ0) is 17.7. The Bertz CT molecular complexity index is 603. The minimum atomic E-state index is -0.255. The van der Waals surface area contributed by atoms with Crippen molar-refractivity contribution < 1.29 is 19.2 Å². The first-order chi connectivity index (χ1) is 11.4. The maximum atomic E-state index is 12.4. The lowest BCUT2D eigenvalue weighted by Gasteiger charge is -2.25. The van der Waals surface area contributed by atoms with Crippen LogP contribution in [0.15, 0.2) is 18.2 Å². The number of rotatable bonds is 6. The minimum absolute atomic E-state index is 0.109. The van der Waals surface area contributed by atoms with Gasteiger partial charge in [0.05, 0.1) is 19.8 Å². The summed E-state index contributed by atoms with van der Waals surface area (Å²) < 4.78 is 5.22. The van der Waals surface area contributed by atoms with Crippen molar-refractivity contribution in [3.05, 3.63) is 23.2 Å². The Morgan fingerprint density at radius 2 is 2.04 bits per heavy atom. The lowest BCUT2D eigenvalue weighted by Crippen LogP contribution is -3.15. The summed E-state index contributed by atoms with van der Waals surface area (Å²) in [6.07, 6.45) is 2.12. The summed E-state index contributed by atoms with van der Waals surface area (Å²) in [4.78, 5) is 27.4. The maximum Gasteiger partial charge on any atom is 0.280 e. The first-order valence-corrected chi connectivity index (χ1v) is 8.54. The van der Waals surface area contributed by atoms with Gasteiger partial charge in [-0.05, 0) is 38.0 Å². The fourth-order valence-electron chi connectivity index (χ4n) is 2.80. The van der Waals surface area contributed by atoms with E-state index in [-0.39, 0.29) is 24.4 Å². The molecule has 1 unspecified atom stereocenters. The third-order valence-electron chi connectivity index (χ3n) is 4.40. The number of hydrogen-bond acceptors (Lipinski definition) is 3. The predicted octanol–water partition coefficient (Wildman–Crippen LogP) is 0.813. The Balaban J connectivity index is 1.93. The molecule has 1 heterocycles. The van der Waals surface area contributed by atoms with Crippen LogP contribution in [0.25, 0.3) is 0 Å². The molecule has 1 aliphatic heterocycles. The fourth-order valence-corrected chi connectivity index (χ4v) is 2.97. The maximum absolute atomic E-state index is 12.4. The van der Waals surface area contributed by atoms with Crippen molar-refractivity contribution in [2.24, 2.45) is 0 Å². The van der Waals surface area contributed by atoms with Crippen molar-refractivity contribution in [3.8, 4) is 5.75 Å². The summed E-state index contributed by atoms with van der Waals surface area (Å²) in [7, 11) is 3.39. The van der Waals surface area contributed by atoms with E-state index in [0.717, 1.165) is 30.8 Å². The van der Waals surface area contributed by atoms with Crippen LogP contribution >= 0.6 is 11.6 Å². The van der Waals surface area contributed by atoms with Gasteiger partial charge in [0.1, 0.15) is 5.75 Å². The molecule has 0 aliphatic carbocycles. The van der Waals surface area contributed by atoms with Crippen LogP contribution in [0.1, 0.15) is 19.8 Å². The summed E-state index contributed by atoms with van der Waals surface area (Å²) in [5.41, 5.74) is 0.529. The largest absolute Gasteiger partial charge is 0.495 e. The van der Waals surface area contributed by atoms with Crippen LogP contribution in [-0.4, -0.2) is 56.5 Å². The van der Waals surface area contributed by atoms with E-state index in [1.165, 1.54) is 7.11 Å². The minimum Gasteiger partial charge on any atom is -0.495 e. The Morgan fingerprint density at radius 1 is 1.38 bits per heavy atom. The topological polar surface area (TPSA) is 63.1 Å². The number of amides is 2. The van der Waals surface area contributed by atoms with Crippen molar-refractivity contribution in [2.75, 3.05) is 39.1 Å². The molecule has 1 saturated heterocycles. The number of carbonyl (C=O) groups is 2. The normalized spacial score (nSPS) is 16.6. The average Bonchev–Trinajstić information content (AvgIpc) is 3.08. The molecule has 2 amide bonds. The van der Waals surface area contributed by atoms with E-state index in [2.05, 4.69) is 5.32 Å². The molecule has 1 aliphatic rings. The molecule has 0 spiro atoms. The van der Waals surface area contributed by atoms with Crippen molar-refractivity contribution in [1.29, 1.82) is 0 Å². The van der Waals surface area contributed by atoms with Gasteiger partial charge in [0.2, 0.25) is 0 Å². The van der Waals surface area contributed by atoms with E-state index in [1.807, 2.05) is 18.9 Å². The van der Waals surface area contributed by atoms with E-state index < -0.39 is 0 Å². The average molecular weight is 355 g/mol. The number of likely N-dealkylation sites (tertiary alicyclic amines) is 1. The van der Waals surface area contributed by atoms with Gasteiger partial charge >= 0.3 is 0 Å². The second-order valence-electron chi connectivity index (χ2n) is 6.17. The smallest absolute Gasteiger partial charge is 0.280 e. The number of halogens is 1. The van der Waals surface area contributed by atoms with Crippen LogP contribution in [-0.2, 0) is 9.59 Å². The number of nitrogens with one attached hydrogen (secondary N) is 2. The van der Waals surface area contributed by atoms with Gasteiger partial charge in [0.15, 0.2) is 12.6 Å². The van der Waals surface area contributed by atoms with Gasteiger partial charge in [0.25, 0.3) is 11.8 Å². The van der Waals surface area contributed by atoms with E-state index >= 15 is 0 Å². The van der Waals surface area contributed by atoms with Crippen molar-refractivity contribution in [3.63, 3.8) is 0 Å². The molecule has 24 heavy (non-hydrogen) atoms. The number of anilines is 1. The highest BCUT2D eigenvalue weighted by Crippen LogP contribution is 2.27. The summed E-state index contributed by atoms with van der Waals surface area (Å²) >= 11 is 5.97. The molecule has 2 atom stereocenters. The molecule has 1 fully saturated rings. The van der Waals surface area contributed by atoms with Gasteiger partial charge in [0, 0.05) is 18.1 Å². The molecule has 0 radical (unpaired) electrons. The van der Waals surface area contributed by atoms with Gasteiger partial charge in [-0.25, -0.2) is 0 Å². The second-order valence-corrected chi connectivity index (χ2v) is 6.61. The Morgan fingerprint density at radius 3 is 2.67 bits per heavy atom.